The Morgan fingerprint density at radius 3 is 2.45 bits per heavy atom. The van der Waals surface area contributed by atoms with Gasteiger partial charge in [0.25, 0.3) is 11.7 Å². The Balaban J connectivity index is 2.18. The molecule has 7 nitrogen and oxygen atoms in total. The molecular weight excluding hydrogens is 444 g/mol. The van der Waals surface area contributed by atoms with Gasteiger partial charge in [-0.15, -0.1) is 0 Å². The van der Waals surface area contributed by atoms with Gasteiger partial charge in [-0.2, -0.15) is 0 Å². The molecule has 1 heterocycles. The van der Waals surface area contributed by atoms with Crippen LogP contribution in [0.3, 0.4) is 0 Å². The number of aliphatic hydroxyl groups is 1. The van der Waals surface area contributed by atoms with Crippen LogP contribution in [-0.4, -0.2) is 67.0 Å². The van der Waals surface area contributed by atoms with E-state index in [2.05, 4.69) is 4.90 Å². The molecule has 1 atom stereocenters. The van der Waals surface area contributed by atoms with Crippen molar-refractivity contribution in [2.45, 2.75) is 19.9 Å². The number of benzene rings is 2. The lowest BCUT2D eigenvalue weighted by Gasteiger charge is -2.28. The average molecular weight is 473 g/mol. The number of ether oxygens (including phenoxy) is 2. The van der Waals surface area contributed by atoms with Gasteiger partial charge in [-0.05, 0) is 49.0 Å². The van der Waals surface area contributed by atoms with Crippen LogP contribution in [0.4, 0.5) is 0 Å². The first-order valence-electron chi connectivity index (χ1n) is 10.8. The van der Waals surface area contributed by atoms with Crippen LogP contribution in [0.25, 0.3) is 5.76 Å². The van der Waals surface area contributed by atoms with Gasteiger partial charge in [0.2, 0.25) is 0 Å². The summed E-state index contributed by atoms with van der Waals surface area (Å²) in [5.41, 5.74) is 0.906. The zero-order chi connectivity index (χ0) is 24.1. The summed E-state index contributed by atoms with van der Waals surface area (Å²) in [5, 5.41) is 11.7. The lowest BCUT2D eigenvalue weighted by atomic mass is 9.95. The van der Waals surface area contributed by atoms with E-state index in [1.54, 1.807) is 37.4 Å². The van der Waals surface area contributed by atoms with Crippen LogP contribution in [0.1, 0.15) is 31.0 Å². The van der Waals surface area contributed by atoms with Crippen LogP contribution in [0.2, 0.25) is 5.02 Å². The van der Waals surface area contributed by atoms with E-state index in [1.165, 1.54) is 18.1 Å². The Morgan fingerprint density at radius 1 is 1.09 bits per heavy atom. The van der Waals surface area contributed by atoms with Crippen molar-refractivity contribution < 1.29 is 24.2 Å². The van der Waals surface area contributed by atoms with Crippen LogP contribution in [0.15, 0.2) is 48.0 Å². The number of Topliss-reactive ketones (excluding diaryl/α,β-unsaturated/α-hetero) is 1. The van der Waals surface area contributed by atoms with Gasteiger partial charge in [-0.25, -0.2) is 0 Å². The van der Waals surface area contributed by atoms with Gasteiger partial charge < -0.3 is 24.4 Å². The Labute approximate surface area is 199 Å². The van der Waals surface area contributed by atoms with E-state index in [4.69, 9.17) is 21.1 Å². The number of ketones is 1. The van der Waals surface area contributed by atoms with Crippen molar-refractivity contribution >= 4 is 29.1 Å². The molecule has 2 aromatic carbocycles. The van der Waals surface area contributed by atoms with Gasteiger partial charge in [0.15, 0.2) is 0 Å². The zero-order valence-corrected chi connectivity index (χ0v) is 20.1. The third kappa shape index (κ3) is 4.99. The molecule has 3 rings (SSSR count). The van der Waals surface area contributed by atoms with Crippen LogP contribution >= 0.6 is 11.6 Å². The summed E-state index contributed by atoms with van der Waals surface area (Å²) in [6, 6.07) is 11.1. The summed E-state index contributed by atoms with van der Waals surface area (Å²) in [6.45, 7) is 6.66. The molecule has 1 fully saturated rings. The quantitative estimate of drug-likeness (QED) is 0.336. The molecule has 1 amide bonds. The van der Waals surface area contributed by atoms with Gasteiger partial charge in [-0.1, -0.05) is 37.6 Å². The van der Waals surface area contributed by atoms with Gasteiger partial charge >= 0.3 is 0 Å². The van der Waals surface area contributed by atoms with Crippen molar-refractivity contribution in [1.29, 1.82) is 0 Å². The number of likely N-dealkylation sites (tertiary alicyclic amines) is 1. The second-order valence-corrected chi connectivity index (χ2v) is 8.08. The van der Waals surface area contributed by atoms with E-state index in [0.29, 0.717) is 35.2 Å². The lowest BCUT2D eigenvalue weighted by Crippen LogP contribution is -2.38. The molecule has 0 spiro atoms. The maximum Gasteiger partial charge on any atom is 0.295 e. The number of aliphatic hydroxyl groups excluding tert-OH is 1. The van der Waals surface area contributed by atoms with E-state index in [9.17, 15) is 14.7 Å². The number of nitrogens with zero attached hydrogens (tertiary/aromatic N) is 2. The Hall–Kier alpha value is -3.03. The van der Waals surface area contributed by atoms with Gasteiger partial charge in [0.1, 0.15) is 17.3 Å². The standard InChI is InChI=1S/C25H29ClN2O5/c1-5-27(6-2)12-13-28-22(16-8-7-9-18(14-16)32-3)21(24(30)25(28)31)23(29)19-15-17(26)10-11-20(19)33-4/h7-11,14-15,22,29H,5-6,12-13H2,1-4H3/b23-21+. The van der Waals surface area contributed by atoms with Crippen LogP contribution in [0, 0.1) is 0 Å². The van der Waals surface area contributed by atoms with Gasteiger partial charge in [-0.3, -0.25) is 9.59 Å². The Morgan fingerprint density at radius 2 is 1.82 bits per heavy atom. The molecule has 1 aliphatic heterocycles. The number of hydrogen-bond donors (Lipinski definition) is 1. The minimum absolute atomic E-state index is 0.00614. The molecule has 0 radical (unpaired) electrons. The number of rotatable bonds is 9. The SMILES string of the molecule is CCN(CC)CCN1C(=O)C(=O)/C(=C(/O)c2cc(Cl)ccc2OC)C1c1cccc(OC)c1. The summed E-state index contributed by atoms with van der Waals surface area (Å²) >= 11 is 6.15. The van der Waals surface area contributed by atoms with Crippen molar-refractivity contribution in [3.63, 3.8) is 0 Å². The predicted molar refractivity (Wildman–Crippen MR) is 128 cm³/mol. The minimum Gasteiger partial charge on any atom is -0.507 e. The molecule has 8 heteroatoms. The molecule has 0 saturated carbocycles. The highest BCUT2D eigenvalue weighted by Crippen LogP contribution is 2.42. The minimum atomic E-state index is -0.778. The highest BCUT2D eigenvalue weighted by atomic mass is 35.5. The maximum absolute atomic E-state index is 13.2. The number of carbonyl (C=O) groups excluding carboxylic acids is 2. The Kier molecular flexibility index (Phi) is 8.00. The number of hydrogen-bond acceptors (Lipinski definition) is 6. The lowest BCUT2D eigenvalue weighted by molar-refractivity contribution is -0.140. The van der Waals surface area contributed by atoms with E-state index in [1.807, 2.05) is 19.9 Å². The monoisotopic (exact) mass is 472 g/mol. The molecule has 176 valence electrons. The number of amides is 1. The topological polar surface area (TPSA) is 79.3 Å². The molecular formula is C25H29ClN2O5. The summed E-state index contributed by atoms with van der Waals surface area (Å²) in [7, 11) is 3.01. The molecule has 0 aliphatic carbocycles. The average Bonchev–Trinajstić information content (AvgIpc) is 3.09. The first-order valence-corrected chi connectivity index (χ1v) is 11.2. The molecule has 1 N–H and O–H groups in total. The number of carbonyl (C=O) groups is 2. The van der Waals surface area contributed by atoms with Gasteiger partial charge in [0, 0.05) is 18.1 Å². The van der Waals surface area contributed by atoms with Crippen molar-refractivity contribution in [2.75, 3.05) is 40.4 Å². The van der Waals surface area contributed by atoms with E-state index >= 15 is 0 Å². The molecule has 2 aromatic rings. The van der Waals surface area contributed by atoms with E-state index in [-0.39, 0.29) is 16.9 Å². The fourth-order valence-electron chi connectivity index (χ4n) is 4.07. The van der Waals surface area contributed by atoms with Crippen LogP contribution in [-0.2, 0) is 9.59 Å². The highest BCUT2D eigenvalue weighted by Gasteiger charge is 2.46. The van der Waals surface area contributed by atoms with Crippen LogP contribution in [0.5, 0.6) is 11.5 Å². The fraction of sp³-hybridized carbons (Fsp3) is 0.360. The van der Waals surface area contributed by atoms with Crippen molar-refractivity contribution in [3.8, 4) is 11.5 Å². The molecule has 33 heavy (non-hydrogen) atoms. The highest BCUT2D eigenvalue weighted by molar-refractivity contribution is 6.46. The summed E-state index contributed by atoms with van der Waals surface area (Å²) in [4.78, 5) is 30.0. The van der Waals surface area contributed by atoms with Crippen molar-refractivity contribution in [2.24, 2.45) is 0 Å². The molecule has 0 aromatic heterocycles. The summed E-state index contributed by atoms with van der Waals surface area (Å²) < 4.78 is 10.7. The predicted octanol–water partition coefficient (Wildman–Crippen LogP) is 4.12. The van der Waals surface area contributed by atoms with Crippen molar-refractivity contribution in [1.82, 2.24) is 9.80 Å². The molecule has 1 aliphatic rings. The smallest absolute Gasteiger partial charge is 0.295 e. The molecule has 1 saturated heterocycles. The Bertz CT molecular complexity index is 1060. The molecule has 1 unspecified atom stereocenters. The second kappa shape index (κ2) is 10.7. The number of halogens is 1. The largest absolute Gasteiger partial charge is 0.507 e. The van der Waals surface area contributed by atoms with Crippen molar-refractivity contribution in [3.05, 3.63) is 64.2 Å². The second-order valence-electron chi connectivity index (χ2n) is 7.64. The third-order valence-corrected chi connectivity index (χ3v) is 6.15. The maximum atomic E-state index is 13.2. The van der Waals surface area contributed by atoms with Gasteiger partial charge in [0.05, 0.1) is 31.4 Å². The number of likely N-dealkylation sites (N-methyl/N-ethyl adjacent to an activating group) is 1. The normalized spacial score (nSPS) is 17.6. The van der Waals surface area contributed by atoms with Crippen LogP contribution < -0.4 is 9.47 Å². The molecule has 0 bridgehead atoms. The number of methoxy groups -OCH3 is 2. The fourth-order valence-corrected chi connectivity index (χ4v) is 4.24. The first-order chi connectivity index (χ1) is 15.9. The summed E-state index contributed by atoms with van der Waals surface area (Å²) in [5.74, 6) is -0.803. The summed E-state index contributed by atoms with van der Waals surface area (Å²) in [6.07, 6.45) is 0. The zero-order valence-electron chi connectivity index (χ0n) is 19.3. The van der Waals surface area contributed by atoms with E-state index in [0.717, 1.165) is 13.1 Å². The third-order valence-electron chi connectivity index (χ3n) is 5.92. The van der Waals surface area contributed by atoms with E-state index < -0.39 is 17.7 Å². The first kappa shape index (κ1) is 24.6.